The Labute approximate surface area is 189 Å². The minimum atomic E-state index is 0.489. The normalized spacial score (nSPS) is 19.1. The molecule has 0 amide bonds. The summed E-state index contributed by atoms with van der Waals surface area (Å²) in [4.78, 5) is 14.3. The van der Waals surface area contributed by atoms with Gasteiger partial charge in [0, 0.05) is 43.3 Å². The van der Waals surface area contributed by atoms with Gasteiger partial charge in [0.15, 0.2) is 5.11 Å². The van der Waals surface area contributed by atoms with Crippen LogP contribution in [0, 0.1) is 0 Å². The van der Waals surface area contributed by atoms with E-state index in [1.165, 1.54) is 32.1 Å². The first kappa shape index (κ1) is 21.1. The van der Waals surface area contributed by atoms with Crippen LogP contribution >= 0.6 is 23.8 Å². The van der Waals surface area contributed by atoms with Crippen LogP contribution < -0.4 is 20.4 Å². The van der Waals surface area contributed by atoms with Crippen molar-refractivity contribution >= 4 is 46.5 Å². The summed E-state index contributed by atoms with van der Waals surface area (Å²) < 4.78 is 0. The van der Waals surface area contributed by atoms with Crippen LogP contribution in [0.1, 0.15) is 44.6 Å². The van der Waals surface area contributed by atoms with Gasteiger partial charge in [-0.2, -0.15) is 9.97 Å². The fourth-order valence-electron chi connectivity index (χ4n) is 4.10. The highest BCUT2D eigenvalue weighted by Gasteiger charge is 2.23. The van der Waals surface area contributed by atoms with Gasteiger partial charge < -0.3 is 20.4 Å². The Kier molecular flexibility index (Phi) is 6.89. The molecule has 0 bridgehead atoms. The molecular formula is C22H29ClN6S. The SMILES string of the molecule is C[C@H]1CCCCN1c1cc(N2CCCC2)nc(NC(=S)NCc2ccc(Cl)cc2)n1. The second-order valence-electron chi connectivity index (χ2n) is 8.07. The lowest BCUT2D eigenvalue weighted by molar-refractivity contribution is 0.481. The van der Waals surface area contributed by atoms with Crippen molar-refractivity contribution in [2.75, 3.05) is 34.8 Å². The maximum absolute atomic E-state index is 5.96. The molecule has 0 radical (unpaired) electrons. The average Bonchev–Trinajstić information content (AvgIpc) is 3.28. The smallest absolute Gasteiger partial charge is 0.232 e. The molecule has 0 spiro atoms. The lowest BCUT2D eigenvalue weighted by atomic mass is 10.0. The number of piperidine rings is 1. The molecule has 30 heavy (non-hydrogen) atoms. The first-order valence-corrected chi connectivity index (χ1v) is 11.6. The van der Waals surface area contributed by atoms with E-state index in [2.05, 4.69) is 33.4 Å². The minimum absolute atomic E-state index is 0.489. The largest absolute Gasteiger partial charge is 0.358 e. The van der Waals surface area contributed by atoms with Gasteiger partial charge in [0.25, 0.3) is 0 Å². The third-order valence-electron chi connectivity index (χ3n) is 5.82. The number of benzene rings is 1. The van der Waals surface area contributed by atoms with Gasteiger partial charge >= 0.3 is 0 Å². The van der Waals surface area contributed by atoms with Gasteiger partial charge in [-0.1, -0.05) is 23.7 Å². The molecule has 6 nitrogen and oxygen atoms in total. The second-order valence-corrected chi connectivity index (χ2v) is 8.92. The monoisotopic (exact) mass is 444 g/mol. The van der Waals surface area contributed by atoms with Crippen molar-refractivity contribution in [3.8, 4) is 0 Å². The third-order valence-corrected chi connectivity index (χ3v) is 6.32. The zero-order valence-electron chi connectivity index (χ0n) is 17.4. The number of halogens is 1. The van der Waals surface area contributed by atoms with E-state index in [0.717, 1.165) is 41.9 Å². The molecule has 1 aromatic carbocycles. The predicted octanol–water partition coefficient (Wildman–Crippen LogP) is 4.60. The zero-order valence-corrected chi connectivity index (χ0v) is 19.0. The molecule has 3 heterocycles. The molecule has 2 saturated heterocycles. The lowest BCUT2D eigenvalue weighted by Gasteiger charge is -2.35. The summed E-state index contributed by atoms with van der Waals surface area (Å²) in [7, 11) is 0. The van der Waals surface area contributed by atoms with Gasteiger partial charge in [-0.05, 0) is 68.9 Å². The van der Waals surface area contributed by atoms with E-state index in [1.54, 1.807) is 0 Å². The van der Waals surface area contributed by atoms with E-state index in [-0.39, 0.29) is 0 Å². The first-order valence-electron chi connectivity index (χ1n) is 10.8. The molecule has 0 saturated carbocycles. The Balaban J connectivity index is 1.49. The summed E-state index contributed by atoms with van der Waals surface area (Å²) in [5, 5.41) is 7.68. The standard InChI is InChI=1S/C22H29ClN6S/c1-16-6-2-3-13-29(16)20-14-19(28-11-4-5-12-28)25-21(26-20)27-22(30)24-15-17-7-9-18(23)10-8-17/h7-10,14,16H,2-6,11-13,15H2,1H3,(H2,24,25,26,27,30)/t16-/m0/s1. The van der Waals surface area contributed by atoms with Crippen LogP contribution in [0.5, 0.6) is 0 Å². The van der Waals surface area contributed by atoms with Crippen molar-refractivity contribution in [3.05, 3.63) is 40.9 Å². The van der Waals surface area contributed by atoms with E-state index < -0.39 is 0 Å². The maximum atomic E-state index is 5.96. The van der Waals surface area contributed by atoms with Crippen LogP contribution in [0.25, 0.3) is 0 Å². The molecule has 2 fully saturated rings. The van der Waals surface area contributed by atoms with Crippen molar-refractivity contribution in [3.63, 3.8) is 0 Å². The van der Waals surface area contributed by atoms with Crippen molar-refractivity contribution in [2.24, 2.45) is 0 Å². The van der Waals surface area contributed by atoms with Gasteiger partial charge in [0.05, 0.1) is 0 Å². The van der Waals surface area contributed by atoms with Crippen molar-refractivity contribution in [1.82, 2.24) is 15.3 Å². The van der Waals surface area contributed by atoms with E-state index in [1.807, 2.05) is 24.3 Å². The highest BCUT2D eigenvalue weighted by molar-refractivity contribution is 7.80. The lowest BCUT2D eigenvalue weighted by Crippen LogP contribution is -2.38. The molecular weight excluding hydrogens is 416 g/mol. The van der Waals surface area contributed by atoms with Gasteiger partial charge in [-0.3, -0.25) is 0 Å². The number of hydrogen-bond donors (Lipinski definition) is 2. The number of anilines is 3. The fourth-order valence-corrected chi connectivity index (χ4v) is 4.39. The first-order chi connectivity index (χ1) is 14.6. The van der Waals surface area contributed by atoms with Crippen LogP contribution in [0.3, 0.4) is 0 Å². The number of nitrogens with one attached hydrogen (secondary N) is 2. The van der Waals surface area contributed by atoms with Crippen LogP contribution in [0.4, 0.5) is 17.6 Å². The number of hydrogen-bond acceptors (Lipinski definition) is 5. The summed E-state index contributed by atoms with van der Waals surface area (Å²) in [6.07, 6.45) is 6.11. The predicted molar refractivity (Wildman–Crippen MR) is 129 cm³/mol. The fraction of sp³-hybridized carbons (Fsp3) is 0.500. The molecule has 8 heteroatoms. The molecule has 1 atom stereocenters. The van der Waals surface area contributed by atoms with Crippen molar-refractivity contribution < 1.29 is 0 Å². The van der Waals surface area contributed by atoms with Gasteiger partial charge in [-0.15, -0.1) is 0 Å². The highest BCUT2D eigenvalue weighted by Crippen LogP contribution is 2.28. The van der Waals surface area contributed by atoms with Crippen molar-refractivity contribution in [1.29, 1.82) is 0 Å². The summed E-state index contributed by atoms with van der Waals surface area (Å²) >= 11 is 11.5. The minimum Gasteiger partial charge on any atom is -0.358 e. The number of aromatic nitrogens is 2. The third kappa shape index (κ3) is 5.32. The number of thiocarbonyl (C=S) groups is 1. The number of nitrogens with zero attached hydrogens (tertiary/aromatic N) is 4. The summed E-state index contributed by atoms with van der Waals surface area (Å²) in [6.45, 7) is 6.03. The Bertz CT molecular complexity index is 868. The molecule has 160 valence electrons. The summed E-state index contributed by atoms with van der Waals surface area (Å²) in [5.74, 6) is 2.53. The zero-order chi connectivity index (χ0) is 20.9. The van der Waals surface area contributed by atoms with E-state index in [9.17, 15) is 0 Å². The molecule has 4 rings (SSSR count). The van der Waals surface area contributed by atoms with Gasteiger partial charge in [-0.25, -0.2) is 0 Å². The number of rotatable bonds is 5. The van der Waals surface area contributed by atoms with Crippen molar-refractivity contribution in [2.45, 2.75) is 51.6 Å². The topological polar surface area (TPSA) is 56.3 Å². The molecule has 2 aliphatic rings. The van der Waals surface area contributed by atoms with Gasteiger partial charge in [0.1, 0.15) is 11.6 Å². The summed E-state index contributed by atoms with van der Waals surface area (Å²) in [5.41, 5.74) is 1.11. The Hall–Kier alpha value is -2.12. The summed E-state index contributed by atoms with van der Waals surface area (Å²) in [6, 6.07) is 10.4. The maximum Gasteiger partial charge on any atom is 0.232 e. The molecule has 1 aromatic heterocycles. The van der Waals surface area contributed by atoms with E-state index in [4.69, 9.17) is 33.8 Å². The van der Waals surface area contributed by atoms with Crippen LogP contribution in [0.15, 0.2) is 30.3 Å². The van der Waals surface area contributed by atoms with Crippen LogP contribution in [0.2, 0.25) is 5.02 Å². The molecule has 2 N–H and O–H groups in total. The molecule has 0 aliphatic carbocycles. The van der Waals surface area contributed by atoms with E-state index >= 15 is 0 Å². The quantitative estimate of drug-likeness (QED) is 0.653. The van der Waals surface area contributed by atoms with Crippen LogP contribution in [-0.4, -0.2) is 40.8 Å². The second kappa shape index (κ2) is 9.79. The molecule has 2 aromatic rings. The highest BCUT2D eigenvalue weighted by atomic mass is 35.5. The molecule has 0 unspecified atom stereocenters. The average molecular weight is 445 g/mol. The Morgan fingerprint density at radius 2 is 1.77 bits per heavy atom. The van der Waals surface area contributed by atoms with Crippen LogP contribution in [-0.2, 0) is 6.54 Å². The van der Waals surface area contributed by atoms with E-state index in [0.29, 0.717) is 23.6 Å². The van der Waals surface area contributed by atoms with Gasteiger partial charge in [0.2, 0.25) is 5.95 Å². The molecule has 2 aliphatic heterocycles. The Morgan fingerprint density at radius 1 is 1.07 bits per heavy atom. The Morgan fingerprint density at radius 3 is 2.50 bits per heavy atom.